The van der Waals surface area contributed by atoms with Gasteiger partial charge in [0.15, 0.2) is 0 Å². The van der Waals surface area contributed by atoms with Crippen LogP contribution in [0.5, 0.6) is 0 Å². The molecule has 0 bridgehead atoms. The summed E-state index contributed by atoms with van der Waals surface area (Å²) in [7, 11) is 0. The number of anilines is 2. The molecule has 112 valence electrons. The van der Waals surface area contributed by atoms with E-state index >= 15 is 0 Å². The SMILES string of the molecule is O=C(Nc1cccc(N2CCCC2=O)c1)c1cccc(Cl)c1. The molecular formula is C17H15ClN2O2. The number of rotatable bonds is 3. The van der Waals surface area contributed by atoms with Crippen molar-refractivity contribution in [3.63, 3.8) is 0 Å². The van der Waals surface area contributed by atoms with Crippen LogP contribution in [-0.2, 0) is 4.79 Å². The zero-order valence-electron chi connectivity index (χ0n) is 11.9. The normalized spacial score (nSPS) is 14.2. The van der Waals surface area contributed by atoms with Crippen molar-refractivity contribution in [1.82, 2.24) is 0 Å². The van der Waals surface area contributed by atoms with Gasteiger partial charge in [0.05, 0.1) is 0 Å². The third-order valence-electron chi connectivity index (χ3n) is 3.58. The van der Waals surface area contributed by atoms with E-state index in [4.69, 9.17) is 11.6 Å². The van der Waals surface area contributed by atoms with Gasteiger partial charge in [-0.1, -0.05) is 23.7 Å². The lowest BCUT2D eigenvalue weighted by Gasteiger charge is -2.16. The van der Waals surface area contributed by atoms with Gasteiger partial charge in [0, 0.05) is 34.9 Å². The van der Waals surface area contributed by atoms with Crippen molar-refractivity contribution in [3.05, 3.63) is 59.1 Å². The average Bonchev–Trinajstić information content (AvgIpc) is 2.94. The first-order valence-corrected chi connectivity index (χ1v) is 7.48. The maximum atomic E-state index is 12.2. The van der Waals surface area contributed by atoms with E-state index in [-0.39, 0.29) is 11.8 Å². The standard InChI is InChI=1S/C17H15ClN2O2/c18-13-5-1-4-12(10-13)17(22)19-14-6-2-7-15(11-14)20-9-3-8-16(20)21/h1-2,4-7,10-11H,3,8-9H2,(H,19,22). The first-order chi connectivity index (χ1) is 10.6. The molecule has 1 heterocycles. The Morgan fingerprint density at radius 2 is 1.95 bits per heavy atom. The molecule has 1 saturated heterocycles. The fourth-order valence-corrected chi connectivity index (χ4v) is 2.70. The molecule has 0 spiro atoms. The number of carbonyl (C=O) groups is 2. The maximum Gasteiger partial charge on any atom is 0.255 e. The van der Waals surface area contributed by atoms with Crippen molar-refractivity contribution in [2.75, 3.05) is 16.8 Å². The second-order valence-corrected chi connectivity index (χ2v) is 5.60. The zero-order valence-corrected chi connectivity index (χ0v) is 12.6. The van der Waals surface area contributed by atoms with Crippen LogP contribution in [0.4, 0.5) is 11.4 Å². The van der Waals surface area contributed by atoms with Gasteiger partial charge in [0.2, 0.25) is 5.91 Å². The van der Waals surface area contributed by atoms with E-state index in [9.17, 15) is 9.59 Å². The largest absolute Gasteiger partial charge is 0.322 e. The predicted octanol–water partition coefficient (Wildman–Crippen LogP) is 3.72. The molecule has 1 N–H and O–H groups in total. The molecule has 5 heteroatoms. The molecule has 1 fully saturated rings. The Labute approximate surface area is 133 Å². The lowest BCUT2D eigenvalue weighted by Crippen LogP contribution is -2.23. The van der Waals surface area contributed by atoms with Crippen LogP contribution in [0, 0.1) is 0 Å². The third-order valence-corrected chi connectivity index (χ3v) is 3.81. The van der Waals surface area contributed by atoms with Crippen molar-refractivity contribution < 1.29 is 9.59 Å². The minimum Gasteiger partial charge on any atom is -0.322 e. The Hall–Kier alpha value is -2.33. The first-order valence-electron chi connectivity index (χ1n) is 7.11. The molecule has 0 radical (unpaired) electrons. The fourth-order valence-electron chi connectivity index (χ4n) is 2.51. The van der Waals surface area contributed by atoms with E-state index in [1.807, 2.05) is 18.2 Å². The van der Waals surface area contributed by atoms with Gasteiger partial charge >= 0.3 is 0 Å². The molecule has 3 rings (SSSR count). The highest BCUT2D eigenvalue weighted by atomic mass is 35.5. The molecule has 4 nitrogen and oxygen atoms in total. The van der Waals surface area contributed by atoms with Crippen molar-refractivity contribution in [2.45, 2.75) is 12.8 Å². The Balaban J connectivity index is 1.78. The van der Waals surface area contributed by atoms with Crippen LogP contribution >= 0.6 is 11.6 Å². The molecule has 0 aliphatic carbocycles. The summed E-state index contributed by atoms with van der Waals surface area (Å²) in [6.07, 6.45) is 1.46. The maximum absolute atomic E-state index is 12.2. The highest BCUT2D eigenvalue weighted by molar-refractivity contribution is 6.31. The van der Waals surface area contributed by atoms with E-state index in [2.05, 4.69) is 5.32 Å². The number of halogens is 1. The Kier molecular flexibility index (Phi) is 4.11. The van der Waals surface area contributed by atoms with Gasteiger partial charge in [0.25, 0.3) is 5.91 Å². The second-order valence-electron chi connectivity index (χ2n) is 5.16. The van der Waals surface area contributed by atoms with Crippen molar-refractivity contribution in [3.8, 4) is 0 Å². The summed E-state index contributed by atoms with van der Waals surface area (Å²) in [5.74, 6) is -0.106. The van der Waals surface area contributed by atoms with Crippen LogP contribution in [0.25, 0.3) is 0 Å². The van der Waals surface area contributed by atoms with Gasteiger partial charge in [-0.2, -0.15) is 0 Å². The highest BCUT2D eigenvalue weighted by Crippen LogP contribution is 2.24. The van der Waals surface area contributed by atoms with Crippen LogP contribution in [0.2, 0.25) is 5.02 Å². The average molecular weight is 315 g/mol. The summed E-state index contributed by atoms with van der Waals surface area (Å²) in [5.41, 5.74) is 1.96. The molecular weight excluding hydrogens is 300 g/mol. The molecule has 1 aliphatic heterocycles. The summed E-state index contributed by atoms with van der Waals surface area (Å²) in [4.78, 5) is 25.7. The smallest absolute Gasteiger partial charge is 0.255 e. The van der Waals surface area contributed by atoms with Gasteiger partial charge in [-0.25, -0.2) is 0 Å². The second kappa shape index (κ2) is 6.20. The number of nitrogens with one attached hydrogen (secondary N) is 1. The fraction of sp³-hybridized carbons (Fsp3) is 0.176. The number of hydrogen-bond donors (Lipinski definition) is 1. The number of hydrogen-bond acceptors (Lipinski definition) is 2. The summed E-state index contributed by atoms with van der Waals surface area (Å²) in [6, 6.07) is 14.1. The van der Waals surface area contributed by atoms with Crippen LogP contribution < -0.4 is 10.2 Å². The Morgan fingerprint density at radius 1 is 1.14 bits per heavy atom. The zero-order chi connectivity index (χ0) is 15.5. The third kappa shape index (κ3) is 3.12. The lowest BCUT2D eigenvalue weighted by atomic mass is 10.2. The summed E-state index contributed by atoms with van der Waals surface area (Å²) in [5, 5.41) is 3.35. The van der Waals surface area contributed by atoms with Gasteiger partial charge < -0.3 is 10.2 Å². The number of amides is 2. The van der Waals surface area contributed by atoms with Crippen LogP contribution in [-0.4, -0.2) is 18.4 Å². The van der Waals surface area contributed by atoms with Crippen LogP contribution in [0.3, 0.4) is 0 Å². The van der Waals surface area contributed by atoms with E-state index in [0.29, 0.717) is 22.7 Å². The molecule has 0 saturated carbocycles. The van der Waals surface area contributed by atoms with Gasteiger partial charge in [-0.15, -0.1) is 0 Å². The highest BCUT2D eigenvalue weighted by Gasteiger charge is 2.21. The molecule has 1 aliphatic rings. The molecule has 2 aromatic rings. The molecule has 0 aromatic heterocycles. The van der Waals surface area contributed by atoms with E-state index in [0.717, 1.165) is 18.7 Å². The van der Waals surface area contributed by atoms with Gasteiger partial charge in [0.1, 0.15) is 0 Å². The minimum absolute atomic E-state index is 0.123. The first kappa shape index (κ1) is 14.6. The molecule has 2 amide bonds. The van der Waals surface area contributed by atoms with Crippen LogP contribution in [0.1, 0.15) is 23.2 Å². The number of carbonyl (C=O) groups excluding carboxylic acids is 2. The Bertz CT molecular complexity index is 730. The van der Waals surface area contributed by atoms with Crippen molar-refractivity contribution >= 4 is 34.8 Å². The monoisotopic (exact) mass is 314 g/mol. The van der Waals surface area contributed by atoms with Gasteiger partial charge in [-0.05, 0) is 42.8 Å². The number of benzene rings is 2. The summed E-state index contributed by atoms with van der Waals surface area (Å²) < 4.78 is 0. The predicted molar refractivity (Wildman–Crippen MR) is 87.4 cm³/mol. The van der Waals surface area contributed by atoms with Gasteiger partial charge in [-0.3, -0.25) is 9.59 Å². The summed E-state index contributed by atoms with van der Waals surface area (Å²) in [6.45, 7) is 0.727. The molecule has 2 aromatic carbocycles. The minimum atomic E-state index is -0.229. The molecule has 0 unspecified atom stereocenters. The van der Waals surface area contributed by atoms with Crippen molar-refractivity contribution in [1.29, 1.82) is 0 Å². The van der Waals surface area contributed by atoms with Crippen LogP contribution in [0.15, 0.2) is 48.5 Å². The quantitative estimate of drug-likeness (QED) is 0.938. The van der Waals surface area contributed by atoms with Crippen molar-refractivity contribution in [2.24, 2.45) is 0 Å². The summed E-state index contributed by atoms with van der Waals surface area (Å²) >= 11 is 5.90. The molecule has 22 heavy (non-hydrogen) atoms. The Morgan fingerprint density at radius 3 is 2.68 bits per heavy atom. The topological polar surface area (TPSA) is 49.4 Å². The number of nitrogens with zero attached hydrogens (tertiary/aromatic N) is 1. The molecule has 0 atom stereocenters. The van der Waals surface area contributed by atoms with E-state index < -0.39 is 0 Å². The van der Waals surface area contributed by atoms with E-state index in [1.54, 1.807) is 35.2 Å². The van der Waals surface area contributed by atoms with E-state index in [1.165, 1.54) is 0 Å². The lowest BCUT2D eigenvalue weighted by molar-refractivity contribution is -0.117.